The minimum absolute atomic E-state index is 0.237. The minimum Gasteiger partial charge on any atom is -0.488 e. The number of nitrogens with zero attached hydrogens (tertiary/aromatic N) is 2. The molecule has 0 spiro atoms. The van der Waals surface area contributed by atoms with E-state index in [-0.39, 0.29) is 6.10 Å². The monoisotopic (exact) mass is 333 g/mol. The predicted molar refractivity (Wildman–Crippen MR) is 102 cm³/mol. The highest BCUT2D eigenvalue weighted by Gasteiger charge is 2.21. The number of pyridine rings is 1. The summed E-state index contributed by atoms with van der Waals surface area (Å²) < 4.78 is 6.28. The van der Waals surface area contributed by atoms with Gasteiger partial charge in [0.25, 0.3) is 0 Å². The minimum atomic E-state index is 0.237. The lowest BCUT2D eigenvalue weighted by Gasteiger charge is -2.32. The van der Waals surface area contributed by atoms with Gasteiger partial charge in [-0.05, 0) is 36.6 Å². The summed E-state index contributed by atoms with van der Waals surface area (Å²) in [7, 11) is 0. The highest BCUT2D eigenvalue weighted by molar-refractivity contribution is 5.85. The quantitative estimate of drug-likeness (QED) is 0.788. The molecule has 1 aliphatic heterocycles. The fraction of sp³-hybridized carbons (Fsp3) is 0.286. The van der Waals surface area contributed by atoms with Crippen LogP contribution in [0.3, 0.4) is 0 Å². The van der Waals surface area contributed by atoms with Gasteiger partial charge in [0.05, 0.1) is 0 Å². The van der Waals surface area contributed by atoms with Crippen molar-refractivity contribution in [2.24, 2.45) is 0 Å². The first-order valence-electron chi connectivity index (χ1n) is 8.86. The van der Waals surface area contributed by atoms with E-state index in [4.69, 9.17) is 10.5 Å². The molecule has 4 heteroatoms. The number of hydrogen-bond donors (Lipinski definition) is 1. The van der Waals surface area contributed by atoms with Crippen LogP contribution >= 0.6 is 0 Å². The maximum absolute atomic E-state index is 6.28. The Hall–Kier alpha value is -2.59. The molecule has 1 saturated heterocycles. The van der Waals surface area contributed by atoms with E-state index in [1.807, 2.05) is 30.3 Å². The second-order valence-corrected chi connectivity index (χ2v) is 6.64. The maximum Gasteiger partial charge on any atom is 0.146 e. The zero-order chi connectivity index (χ0) is 17.1. The van der Waals surface area contributed by atoms with Crippen LogP contribution in [0.15, 0.2) is 60.7 Å². The number of aromatic nitrogens is 1. The van der Waals surface area contributed by atoms with Gasteiger partial charge < -0.3 is 10.5 Å². The van der Waals surface area contributed by atoms with Crippen LogP contribution in [0.5, 0.6) is 5.75 Å². The third-order valence-electron chi connectivity index (χ3n) is 4.78. The molecule has 1 aliphatic rings. The number of rotatable bonds is 4. The Bertz CT molecular complexity index is 842. The Balaban J connectivity index is 1.40. The van der Waals surface area contributed by atoms with Crippen LogP contribution in [0.4, 0.5) is 5.82 Å². The first-order valence-corrected chi connectivity index (χ1v) is 8.86. The molecule has 0 amide bonds. The van der Waals surface area contributed by atoms with Gasteiger partial charge in [-0.25, -0.2) is 4.98 Å². The number of nitrogens with two attached hydrogens (primary N) is 1. The summed E-state index contributed by atoms with van der Waals surface area (Å²) in [5.41, 5.74) is 8.07. The second-order valence-electron chi connectivity index (χ2n) is 6.64. The Labute approximate surface area is 148 Å². The summed E-state index contributed by atoms with van der Waals surface area (Å²) in [4.78, 5) is 6.95. The molecule has 0 bridgehead atoms. The fourth-order valence-corrected chi connectivity index (χ4v) is 3.44. The molecule has 0 aliphatic carbocycles. The van der Waals surface area contributed by atoms with Crippen LogP contribution in [0, 0.1) is 0 Å². The second kappa shape index (κ2) is 7.11. The molecule has 4 rings (SSSR count). The Kier molecular flexibility index (Phi) is 4.53. The number of piperidine rings is 1. The maximum atomic E-state index is 6.28. The normalized spacial score (nSPS) is 16.2. The van der Waals surface area contributed by atoms with Crippen LogP contribution in [-0.4, -0.2) is 29.1 Å². The van der Waals surface area contributed by atoms with E-state index < -0.39 is 0 Å². The number of para-hydroxylation sites is 1. The molecule has 25 heavy (non-hydrogen) atoms. The summed E-state index contributed by atoms with van der Waals surface area (Å²) >= 11 is 0. The Morgan fingerprint density at radius 1 is 0.960 bits per heavy atom. The van der Waals surface area contributed by atoms with Crippen molar-refractivity contribution in [3.63, 3.8) is 0 Å². The SMILES string of the molecule is Nc1ccc2cccc(OC3CCN(Cc4ccccc4)CC3)c2n1. The predicted octanol–water partition coefficient (Wildman–Crippen LogP) is 3.86. The molecule has 2 aromatic carbocycles. The Morgan fingerprint density at radius 2 is 1.76 bits per heavy atom. The molecule has 2 N–H and O–H groups in total. The summed E-state index contributed by atoms with van der Waals surface area (Å²) in [5, 5.41) is 1.06. The van der Waals surface area contributed by atoms with E-state index in [1.165, 1.54) is 5.56 Å². The van der Waals surface area contributed by atoms with Gasteiger partial charge in [-0.15, -0.1) is 0 Å². The van der Waals surface area contributed by atoms with Crippen molar-refractivity contribution in [2.75, 3.05) is 18.8 Å². The third-order valence-corrected chi connectivity index (χ3v) is 4.78. The van der Waals surface area contributed by atoms with Crippen molar-refractivity contribution >= 4 is 16.7 Å². The molecule has 0 atom stereocenters. The standard InChI is InChI=1S/C21H23N3O/c22-20-10-9-17-7-4-8-19(21(17)23-20)25-18-11-13-24(14-12-18)15-16-5-2-1-3-6-16/h1-10,18H,11-15H2,(H2,22,23). The molecule has 128 valence electrons. The number of benzene rings is 2. The molecule has 2 heterocycles. The summed E-state index contributed by atoms with van der Waals surface area (Å²) in [6, 6.07) is 20.5. The highest BCUT2D eigenvalue weighted by atomic mass is 16.5. The molecular formula is C21H23N3O. The summed E-state index contributed by atoms with van der Waals surface area (Å²) in [5.74, 6) is 1.37. The fourth-order valence-electron chi connectivity index (χ4n) is 3.44. The van der Waals surface area contributed by atoms with E-state index in [0.717, 1.165) is 49.1 Å². The molecule has 0 saturated carbocycles. The van der Waals surface area contributed by atoms with Crippen molar-refractivity contribution in [3.05, 3.63) is 66.2 Å². The number of nitrogen functional groups attached to an aromatic ring is 1. The molecule has 0 radical (unpaired) electrons. The van der Waals surface area contributed by atoms with Gasteiger partial charge in [-0.2, -0.15) is 0 Å². The van der Waals surface area contributed by atoms with Crippen LogP contribution in [0.2, 0.25) is 0 Å². The van der Waals surface area contributed by atoms with Gasteiger partial charge in [-0.1, -0.05) is 42.5 Å². The topological polar surface area (TPSA) is 51.4 Å². The lowest BCUT2D eigenvalue weighted by atomic mass is 10.1. The van der Waals surface area contributed by atoms with Crippen LogP contribution in [0.25, 0.3) is 10.9 Å². The first kappa shape index (κ1) is 15.9. The van der Waals surface area contributed by atoms with E-state index in [1.54, 1.807) is 0 Å². The lowest BCUT2D eigenvalue weighted by Crippen LogP contribution is -2.37. The van der Waals surface area contributed by atoms with Gasteiger partial charge in [0.15, 0.2) is 0 Å². The zero-order valence-electron chi connectivity index (χ0n) is 14.3. The largest absolute Gasteiger partial charge is 0.488 e. The molecule has 1 fully saturated rings. The number of fused-ring (bicyclic) bond motifs is 1. The first-order chi connectivity index (χ1) is 12.3. The van der Waals surface area contributed by atoms with E-state index in [2.05, 4.69) is 40.2 Å². The van der Waals surface area contributed by atoms with Gasteiger partial charge in [0.2, 0.25) is 0 Å². The van der Waals surface area contributed by atoms with Crippen LogP contribution in [-0.2, 0) is 6.54 Å². The van der Waals surface area contributed by atoms with Gasteiger partial charge in [-0.3, -0.25) is 4.90 Å². The van der Waals surface area contributed by atoms with Crippen molar-refractivity contribution in [2.45, 2.75) is 25.5 Å². The van der Waals surface area contributed by atoms with E-state index in [9.17, 15) is 0 Å². The molecule has 3 aromatic rings. The molecule has 0 unspecified atom stereocenters. The molecular weight excluding hydrogens is 310 g/mol. The average Bonchev–Trinajstić information content (AvgIpc) is 2.65. The van der Waals surface area contributed by atoms with Gasteiger partial charge in [0, 0.05) is 25.0 Å². The zero-order valence-corrected chi connectivity index (χ0v) is 14.3. The van der Waals surface area contributed by atoms with Crippen molar-refractivity contribution in [3.8, 4) is 5.75 Å². The summed E-state index contributed by atoms with van der Waals surface area (Å²) in [6.07, 6.45) is 2.30. The van der Waals surface area contributed by atoms with Crippen molar-refractivity contribution in [1.29, 1.82) is 0 Å². The van der Waals surface area contributed by atoms with E-state index >= 15 is 0 Å². The average molecular weight is 333 g/mol. The lowest BCUT2D eigenvalue weighted by molar-refractivity contribution is 0.0978. The summed E-state index contributed by atoms with van der Waals surface area (Å²) in [6.45, 7) is 3.12. The van der Waals surface area contributed by atoms with Crippen molar-refractivity contribution < 1.29 is 4.74 Å². The third kappa shape index (κ3) is 3.74. The Morgan fingerprint density at radius 3 is 2.56 bits per heavy atom. The smallest absolute Gasteiger partial charge is 0.146 e. The van der Waals surface area contributed by atoms with Crippen LogP contribution in [0.1, 0.15) is 18.4 Å². The van der Waals surface area contributed by atoms with Crippen molar-refractivity contribution in [1.82, 2.24) is 9.88 Å². The van der Waals surface area contributed by atoms with Gasteiger partial charge >= 0.3 is 0 Å². The highest BCUT2D eigenvalue weighted by Crippen LogP contribution is 2.27. The van der Waals surface area contributed by atoms with Gasteiger partial charge in [0.1, 0.15) is 23.2 Å². The number of ether oxygens (including phenoxy) is 1. The number of anilines is 1. The molecule has 1 aromatic heterocycles. The molecule has 4 nitrogen and oxygen atoms in total. The van der Waals surface area contributed by atoms with Crippen LogP contribution < -0.4 is 10.5 Å². The number of likely N-dealkylation sites (tertiary alicyclic amines) is 1. The van der Waals surface area contributed by atoms with E-state index in [0.29, 0.717) is 5.82 Å². The number of hydrogen-bond acceptors (Lipinski definition) is 4.